The number of rotatable bonds is 7. The van der Waals surface area contributed by atoms with Gasteiger partial charge in [-0.2, -0.15) is 11.8 Å². The van der Waals surface area contributed by atoms with Gasteiger partial charge in [0.2, 0.25) is 0 Å². The number of carboxylic acid groups (broad SMARTS) is 1. The second-order valence-electron chi connectivity index (χ2n) is 3.47. The average Bonchev–Trinajstić information content (AvgIpc) is 2.94. The first-order valence-corrected chi connectivity index (χ1v) is 7.10. The third-order valence-corrected chi connectivity index (χ3v) is 4.79. The van der Waals surface area contributed by atoms with Crippen LogP contribution in [-0.4, -0.2) is 39.8 Å². The molecule has 0 radical (unpaired) electrons. The van der Waals surface area contributed by atoms with Crippen LogP contribution in [0.3, 0.4) is 0 Å². The van der Waals surface area contributed by atoms with Crippen LogP contribution in [-0.2, 0) is 4.79 Å². The van der Waals surface area contributed by atoms with E-state index in [2.05, 4.69) is 12.2 Å². The van der Waals surface area contributed by atoms with Crippen LogP contribution in [0.15, 0.2) is 0 Å². The van der Waals surface area contributed by atoms with E-state index in [9.17, 15) is 4.79 Å². The largest absolute Gasteiger partial charge is 0.480 e. The summed E-state index contributed by atoms with van der Waals surface area (Å²) in [5.41, 5.74) is 0. The average molecular weight is 235 g/mol. The van der Waals surface area contributed by atoms with Crippen molar-refractivity contribution in [3.05, 3.63) is 0 Å². The first-order chi connectivity index (χ1) is 6.63. The Bertz CT molecular complexity index is 197. The first kappa shape index (κ1) is 12.2. The van der Waals surface area contributed by atoms with Crippen molar-refractivity contribution in [1.82, 2.24) is 5.32 Å². The predicted octanol–water partition coefficient (Wildman–Crippen LogP) is 1.63. The summed E-state index contributed by atoms with van der Waals surface area (Å²) in [5, 5.41) is 12.1. The van der Waals surface area contributed by atoms with E-state index in [-0.39, 0.29) is 6.04 Å². The van der Waals surface area contributed by atoms with Gasteiger partial charge in [0.05, 0.1) is 0 Å². The third kappa shape index (κ3) is 4.57. The molecule has 1 aliphatic rings. The molecule has 0 aromatic heterocycles. The molecule has 0 aliphatic heterocycles. The smallest absolute Gasteiger partial charge is 0.321 e. The summed E-state index contributed by atoms with van der Waals surface area (Å²) in [6.07, 6.45) is 4.31. The van der Waals surface area contributed by atoms with Gasteiger partial charge in [-0.25, -0.2) is 0 Å². The van der Waals surface area contributed by atoms with Crippen molar-refractivity contribution < 1.29 is 9.90 Å². The van der Waals surface area contributed by atoms with Gasteiger partial charge in [-0.1, -0.05) is 0 Å². The molecule has 1 fully saturated rings. The molecule has 0 bridgehead atoms. The topological polar surface area (TPSA) is 49.3 Å². The van der Waals surface area contributed by atoms with Gasteiger partial charge in [-0.15, -0.1) is 11.8 Å². The Morgan fingerprint density at radius 2 is 2.29 bits per heavy atom. The van der Waals surface area contributed by atoms with Crippen molar-refractivity contribution in [3.63, 3.8) is 0 Å². The lowest BCUT2D eigenvalue weighted by atomic mass is 10.3. The molecule has 0 heterocycles. The van der Waals surface area contributed by atoms with Crippen LogP contribution in [0.1, 0.15) is 19.8 Å². The highest BCUT2D eigenvalue weighted by atomic mass is 32.2. The molecule has 1 aliphatic carbocycles. The van der Waals surface area contributed by atoms with E-state index in [1.54, 1.807) is 23.5 Å². The zero-order chi connectivity index (χ0) is 10.6. The van der Waals surface area contributed by atoms with Crippen molar-refractivity contribution in [2.75, 3.05) is 12.0 Å². The Morgan fingerprint density at radius 1 is 1.64 bits per heavy atom. The fourth-order valence-corrected chi connectivity index (χ4v) is 2.51. The Hall–Kier alpha value is 0.130. The summed E-state index contributed by atoms with van der Waals surface area (Å²) in [5.74, 6) is -0.0638. The summed E-state index contributed by atoms with van der Waals surface area (Å²) in [7, 11) is 0. The van der Waals surface area contributed by atoms with E-state index >= 15 is 0 Å². The molecule has 82 valence electrons. The van der Waals surface area contributed by atoms with Crippen molar-refractivity contribution in [2.45, 2.75) is 36.4 Å². The molecule has 0 amide bonds. The Kier molecular flexibility index (Phi) is 5.12. The number of carboxylic acids is 1. The monoisotopic (exact) mass is 235 g/mol. The normalized spacial score (nSPS) is 20.4. The van der Waals surface area contributed by atoms with Crippen LogP contribution in [0.2, 0.25) is 0 Å². The maximum Gasteiger partial charge on any atom is 0.321 e. The molecule has 0 saturated heterocycles. The highest BCUT2D eigenvalue weighted by Crippen LogP contribution is 2.23. The molecule has 0 aromatic rings. The Balaban J connectivity index is 2.23. The lowest BCUT2D eigenvalue weighted by Gasteiger charge is -2.15. The lowest BCUT2D eigenvalue weighted by Crippen LogP contribution is -2.40. The van der Waals surface area contributed by atoms with E-state index in [4.69, 9.17) is 5.11 Å². The quantitative estimate of drug-likeness (QED) is 0.657. The van der Waals surface area contributed by atoms with Crippen molar-refractivity contribution in [1.29, 1.82) is 0 Å². The van der Waals surface area contributed by atoms with E-state index in [0.29, 0.717) is 16.4 Å². The highest BCUT2D eigenvalue weighted by Gasteiger charge is 2.28. The summed E-state index contributed by atoms with van der Waals surface area (Å²) < 4.78 is 0.470. The van der Waals surface area contributed by atoms with Crippen molar-refractivity contribution >= 4 is 29.5 Å². The number of aliphatic carboxylic acids is 1. The van der Waals surface area contributed by atoms with E-state index in [0.717, 1.165) is 12.8 Å². The maximum atomic E-state index is 10.9. The zero-order valence-electron chi connectivity index (χ0n) is 8.53. The molecule has 1 saturated carbocycles. The Morgan fingerprint density at radius 3 is 2.71 bits per heavy atom. The lowest BCUT2D eigenvalue weighted by molar-refractivity contribution is -0.138. The molecule has 0 aromatic carbocycles. The second-order valence-corrected chi connectivity index (χ2v) is 6.32. The number of hydrogen-bond acceptors (Lipinski definition) is 4. The van der Waals surface area contributed by atoms with Crippen LogP contribution in [0.25, 0.3) is 0 Å². The van der Waals surface area contributed by atoms with Gasteiger partial charge >= 0.3 is 5.97 Å². The number of thioether (sulfide) groups is 2. The predicted molar refractivity (Wildman–Crippen MR) is 63.0 cm³/mol. The van der Waals surface area contributed by atoms with Crippen molar-refractivity contribution in [2.24, 2.45) is 0 Å². The van der Waals surface area contributed by atoms with Crippen molar-refractivity contribution in [3.8, 4) is 0 Å². The molecule has 1 rings (SSSR count). The van der Waals surface area contributed by atoms with Gasteiger partial charge in [0, 0.05) is 16.4 Å². The molecule has 3 nitrogen and oxygen atoms in total. The molecule has 0 spiro atoms. The fraction of sp³-hybridized carbons (Fsp3) is 0.889. The molecule has 5 heteroatoms. The van der Waals surface area contributed by atoms with Crippen LogP contribution in [0.5, 0.6) is 0 Å². The first-order valence-electron chi connectivity index (χ1n) is 4.76. The zero-order valence-corrected chi connectivity index (χ0v) is 10.2. The molecule has 2 N–H and O–H groups in total. The molecule has 14 heavy (non-hydrogen) atoms. The number of nitrogens with one attached hydrogen (secondary N) is 1. The van der Waals surface area contributed by atoms with Crippen LogP contribution < -0.4 is 5.32 Å². The maximum absolute atomic E-state index is 10.9. The van der Waals surface area contributed by atoms with E-state index < -0.39 is 5.97 Å². The fourth-order valence-electron chi connectivity index (χ4n) is 1.02. The SMILES string of the molecule is CSC(C)SC[C@H](NC1CC1)C(=O)O. The minimum Gasteiger partial charge on any atom is -0.480 e. The summed E-state index contributed by atoms with van der Waals surface area (Å²) >= 11 is 3.46. The Labute approximate surface area is 93.4 Å². The number of carbonyl (C=O) groups is 1. The summed E-state index contributed by atoms with van der Waals surface area (Å²) in [4.78, 5) is 10.9. The highest BCUT2D eigenvalue weighted by molar-refractivity contribution is 8.16. The van der Waals surface area contributed by atoms with Gasteiger partial charge in [-0.05, 0) is 26.0 Å². The standard InChI is InChI=1S/C9H17NO2S2/c1-6(13-2)14-5-8(9(11)12)10-7-3-4-7/h6-8,10H,3-5H2,1-2H3,(H,11,12)/t6?,8-/m0/s1. The molecule has 2 atom stereocenters. The van der Waals surface area contributed by atoms with Gasteiger partial charge < -0.3 is 10.4 Å². The minimum atomic E-state index is -0.724. The van der Waals surface area contributed by atoms with Crippen LogP contribution >= 0.6 is 23.5 Å². The summed E-state index contributed by atoms with van der Waals surface area (Å²) in [6.45, 7) is 2.10. The van der Waals surface area contributed by atoms with Crippen LogP contribution in [0.4, 0.5) is 0 Å². The molecular formula is C9H17NO2S2. The van der Waals surface area contributed by atoms with Gasteiger partial charge in [0.1, 0.15) is 6.04 Å². The van der Waals surface area contributed by atoms with Gasteiger partial charge in [0.25, 0.3) is 0 Å². The number of hydrogen-bond donors (Lipinski definition) is 2. The van der Waals surface area contributed by atoms with E-state index in [1.165, 1.54) is 0 Å². The minimum absolute atomic E-state index is 0.373. The van der Waals surface area contributed by atoms with Crippen LogP contribution in [0, 0.1) is 0 Å². The van der Waals surface area contributed by atoms with Gasteiger partial charge in [-0.3, -0.25) is 4.79 Å². The summed E-state index contributed by atoms with van der Waals surface area (Å²) in [6, 6.07) is 0.0865. The molecular weight excluding hydrogens is 218 g/mol. The van der Waals surface area contributed by atoms with Gasteiger partial charge in [0.15, 0.2) is 0 Å². The third-order valence-electron chi connectivity index (χ3n) is 2.14. The second kappa shape index (κ2) is 5.88. The molecule has 1 unspecified atom stereocenters. The van der Waals surface area contributed by atoms with E-state index in [1.807, 2.05) is 6.26 Å².